The molecule has 1 rings (SSSR count). The second-order valence-electron chi connectivity index (χ2n) is 2.44. The largest absolute Gasteiger partial charge is 0.278 e. The molecule has 0 saturated carbocycles. The zero-order chi connectivity index (χ0) is 11.4. The van der Waals surface area contributed by atoms with Gasteiger partial charge in [-0.05, 0) is 12.1 Å². The summed E-state index contributed by atoms with van der Waals surface area (Å²) in [5, 5.41) is 12.1. The molecule has 0 radical (unpaired) electrons. The molecule has 80 valence electrons. The molecule has 1 aromatic rings. The topological polar surface area (TPSA) is 48.2 Å². The van der Waals surface area contributed by atoms with Crippen LogP contribution in [-0.2, 0) is 0 Å². The van der Waals surface area contributed by atoms with Crippen molar-refractivity contribution in [2.45, 2.75) is 0 Å². The molecule has 0 fully saturated rings. The molecular weight excluding hydrogens is 371 g/mol. The van der Waals surface area contributed by atoms with Gasteiger partial charge in [0.25, 0.3) is 0 Å². The maximum Gasteiger partial charge on any atom is 0.177 e. The van der Waals surface area contributed by atoms with Gasteiger partial charge in [0.2, 0.25) is 0 Å². The maximum atomic E-state index is 7.08. The van der Waals surface area contributed by atoms with Gasteiger partial charge in [-0.3, -0.25) is 10.8 Å². The van der Waals surface area contributed by atoms with E-state index < -0.39 is 0 Å². The number of nitrogens with one attached hydrogen (secondary N) is 2. The lowest BCUT2D eigenvalue weighted by Crippen LogP contribution is -2.08. The van der Waals surface area contributed by atoms with Crippen molar-refractivity contribution in [1.29, 1.82) is 5.41 Å². The van der Waals surface area contributed by atoms with Crippen LogP contribution in [-0.4, -0.2) is 10.1 Å². The normalized spacial score (nSPS) is 10.7. The fourth-order valence-corrected chi connectivity index (χ4v) is 1.59. The Hall–Kier alpha value is -0.0400. The molecule has 0 saturated heterocycles. The summed E-state index contributed by atoms with van der Waals surface area (Å²) in [7, 11) is 0. The molecule has 0 atom stereocenters. The third kappa shape index (κ3) is 3.79. The molecule has 0 heterocycles. The Labute approximate surface area is 115 Å². The van der Waals surface area contributed by atoms with E-state index in [1.807, 2.05) is 0 Å². The summed E-state index contributed by atoms with van der Waals surface area (Å²) in [5.41, 5.74) is 2.97. The molecule has 1 aromatic carbocycles. The van der Waals surface area contributed by atoms with E-state index in [0.29, 0.717) is 20.6 Å². The van der Waals surface area contributed by atoms with Gasteiger partial charge in [-0.25, -0.2) is 0 Å². The van der Waals surface area contributed by atoms with E-state index >= 15 is 0 Å². The molecule has 0 spiro atoms. The highest BCUT2D eigenvalue weighted by Gasteiger charge is 2.06. The van der Waals surface area contributed by atoms with E-state index in [9.17, 15) is 0 Å². The zero-order valence-corrected chi connectivity index (χ0v) is 11.6. The molecule has 2 N–H and O–H groups in total. The van der Waals surface area contributed by atoms with E-state index in [4.69, 9.17) is 40.2 Å². The SMILES string of the molecule is N=C(I)N/N=C/c1c(Cl)ccc(Cl)c1Cl. The van der Waals surface area contributed by atoms with Gasteiger partial charge >= 0.3 is 0 Å². The van der Waals surface area contributed by atoms with Crippen molar-refractivity contribution in [2.75, 3.05) is 0 Å². The maximum absolute atomic E-state index is 7.08. The van der Waals surface area contributed by atoms with Crippen LogP contribution in [0.4, 0.5) is 0 Å². The van der Waals surface area contributed by atoms with E-state index in [-0.39, 0.29) is 3.84 Å². The average molecular weight is 376 g/mol. The van der Waals surface area contributed by atoms with E-state index in [2.05, 4.69) is 10.5 Å². The number of hydrogen-bond acceptors (Lipinski definition) is 2. The molecule has 7 heteroatoms. The lowest BCUT2D eigenvalue weighted by molar-refractivity contribution is 1.05. The third-order valence-corrected chi connectivity index (χ3v) is 2.83. The Morgan fingerprint density at radius 2 is 1.93 bits per heavy atom. The lowest BCUT2D eigenvalue weighted by Gasteiger charge is -2.02. The van der Waals surface area contributed by atoms with Crippen LogP contribution in [0, 0.1) is 5.41 Å². The summed E-state index contributed by atoms with van der Waals surface area (Å²) in [6.45, 7) is 0. The molecular formula is C8H5Cl3IN3. The van der Waals surface area contributed by atoms with Crippen molar-refractivity contribution in [3.8, 4) is 0 Å². The Balaban J connectivity index is 2.98. The van der Waals surface area contributed by atoms with Gasteiger partial charge in [0.05, 0.1) is 21.3 Å². The Bertz CT molecular complexity index is 420. The number of hydrogen-bond donors (Lipinski definition) is 2. The molecule has 0 unspecified atom stereocenters. The fraction of sp³-hybridized carbons (Fsp3) is 0. The van der Waals surface area contributed by atoms with Crippen LogP contribution >= 0.6 is 57.4 Å². The smallest absolute Gasteiger partial charge is 0.177 e. The number of hydrazone groups is 1. The van der Waals surface area contributed by atoms with E-state index in [0.717, 1.165) is 0 Å². The summed E-state index contributed by atoms with van der Waals surface area (Å²) < 4.78 is 0.193. The van der Waals surface area contributed by atoms with Gasteiger partial charge in [0.15, 0.2) is 3.84 Å². The number of amidine groups is 1. The van der Waals surface area contributed by atoms with Gasteiger partial charge in [-0.2, -0.15) is 5.10 Å². The summed E-state index contributed by atoms with van der Waals surface area (Å²) >= 11 is 19.4. The first-order valence-corrected chi connectivity index (χ1v) is 5.90. The average Bonchev–Trinajstić information content (AvgIpc) is 2.17. The van der Waals surface area contributed by atoms with Crippen LogP contribution in [0.25, 0.3) is 0 Å². The molecule has 0 aliphatic heterocycles. The minimum absolute atomic E-state index is 0.193. The highest BCUT2D eigenvalue weighted by molar-refractivity contribution is 14.1. The minimum atomic E-state index is 0.193. The van der Waals surface area contributed by atoms with Gasteiger partial charge < -0.3 is 0 Å². The van der Waals surface area contributed by atoms with Crippen molar-refractivity contribution in [3.05, 3.63) is 32.8 Å². The van der Waals surface area contributed by atoms with Crippen molar-refractivity contribution < 1.29 is 0 Å². The standard InChI is InChI=1S/C8H5Cl3IN3/c9-5-1-2-6(10)7(11)4(5)3-14-15-8(12)13/h1-3H,(H2,13,15)/b14-3+. The van der Waals surface area contributed by atoms with Crippen molar-refractivity contribution in [2.24, 2.45) is 5.10 Å². The molecule has 0 bridgehead atoms. The van der Waals surface area contributed by atoms with Crippen LogP contribution in [0.5, 0.6) is 0 Å². The van der Waals surface area contributed by atoms with Crippen LogP contribution in [0.15, 0.2) is 17.2 Å². The summed E-state index contributed by atoms with van der Waals surface area (Å²) in [5.74, 6) is 0. The molecule has 0 aliphatic rings. The predicted molar refractivity (Wildman–Crippen MR) is 73.9 cm³/mol. The molecule has 3 nitrogen and oxygen atoms in total. The second-order valence-corrected chi connectivity index (χ2v) is 4.71. The first kappa shape index (κ1) is 13.0. The predicted octanol–water partition coefficient (Wildman–Crippen LogP) is 3.94. The zero-order valence-electron chi connectivity index (χ0n) is 7.19. The quantitative estimate of drug-likeness (QED) is 0.202. The van der Waals surface area contributed by atoms with Gasteiger partial charge in [0.1, 0.15) is 0 Å². The minimum Gasteiger partial charge on any atom is -0.278 e. The van der Waals surface area contributed by atoms with Gasteiger partial charge in [0, 0.05) is 28.2 Å². The van der Waals surface area contributed by atoms with Crippen LogP contribution in [0.1, 0.15) is 5.56 Å². The highest BCUT2D eigenvalue weighted by Crippen LogP contribution is 2.29. The van der Waals surface area contributed by atoms with E-state index in [1.54, 1.807) is 34.7 Å². The molecule has 15 heavy (non-hydrogen) atoms. The molecule has 0 aliphatic carbocycles. The number of nitrogens with zero attached hydrogens (tertiary/aromatic N) is 1. The Kier molecular flexibility index (Phi) is 5.11. The van der Waals surface area contributed by atoms with Crippen molar-refractivity contribution in [3.63, 3.8) is 0 Å². The fourth-order valence-electron chi connectivity index (χ4n) is 0.815. The lowest BCUT2D eigenvalue weighted by atomic mass is 10.2. The summed E-state index contributed by atoms with van der Waals surface area (Å²) in [4.78, 5) is 0. The summed E-state index contributed by atoms with van der Waals surface area (Å²) in [6.07, 6.45) is 1.42. The number of halogens is 4. The first-order chi connectivity index (χ1) is 7.02. The Morgan fingerprint density at radius 1 is 1.33 bits per heavy atom. The van der Waals surface area contributed by atoms with Crippen LogP contribution < -0.4 is 5.43 Å². The number of rotatable bonds is 2. The van der Waals surface area contributed by atoms with Gasteiger partial charge in [-0.1, -0.05) is 34.8 Å². The van der Waals surface area contributed by atoms with Crippen molar-refractivity contribution >= 4 is 67.5 Å². The molecule has 0 amide bonds. The van der Waals surface area contributed by atoms with Gasteiger partial charge in [-0.15, -0.1) is 0 Å². The van der Waals surface area contributed by atoms with E-state index in [1.165, 1.54) is 6.21 Å². The summed E-state index contributed by atoms with van der Waals surface area (Å²) in [6, 6.07) is 3.24. The van der Waals surface area contributed by atoms with Crippen molar-refractivity contribution in [1.82, 2.24) is 5.43 Å². The highest BCUT2D eigenvalue weighted by atomic mass is 127. The Morgan fingerprint density at radius 3 is 2.53 bits per heavy atom. The third-order valence-electron chi connectivity index (χ3n) is 1.44. The van der Waals surface area contributed by atoms with Crippen LogP contribution in [0.3, 0.4) is 0 Å². The second kappa shape index (κ2) is 5.89. The van der Waals surface area contributed by atoms with Crippen LogP contribution in [0.2, 0.25) is 15.1 Å². The number of benzene rings is 1. The molecule has 0 aromatic heterocycles. The monoisotopic (exact) mass is 375 g/mol. The first-order valence-electron chi connectivity index (χ1n) is 3.69.